The molecule has 0 amide bonds. The van der Waals surface area contributed by atoms with Gasteiger partial charge in [0.05, 0.1) is 11.5 Å². The van der Waals surface area contributed by atoms with E-state index in [0.29, 0.717) is 6.67 Å². The highest BCUT2D eigenvalue weighted by molar-refractivity contribution is 7.13. The van der Waals surface area contributed by atoms with Crippen LogP contribution in [0.15, 0.2) is 58.7 Å². The van der Waals surface area contributed by atoms with Gasteiger partial charge < -0.3 is 0 Å². The van der Waals surface area contributed by atoms with Gasteiger partial charge in [-0.15, -0.1) is 11.3 Å². The second-order valence-corrected chi connectivity index (χ2v) is 6.69. The zero-order chi connectivity index (χ0) is 15.6. The van der Waals surface area contributed by atoms with E-state index in [1.165, 1.54) is 11.1 Å². The van der Waals surface area contributed by atoms with E-state index in [4.69, 9.17) is 0 Å². The Balaban J connectivity index is 1.58. The van der Waals surface area contributed by atoms with E-state index in [-0.39, 0.29) is 5.56 Å². The first-order valence-electron chi connectivity index (χ1n) is 7.71. The molecule has 2 aromatic heterocycles. The van der Waals surface area contributed by atoms with Gasteiger partial charge in [-0.25, -0.2) is 4.68 Å². The lowest BCUT2D eigenvalue weighted by Gasteiger charge is -2.28. The minimum atomic E-state index is -0.0517. The summed E-state index contributed by atoms with van der Waals surface area (Å²) in [6.07, 6.45) is 1.02. The molecule has 4 nitrogen and oxygen atoms in total. The van der Waals surface area contributed by atoms with Crippen molar-refractivity contribution >= 4 is 11.3 Å². The number of rotatable bonds is 3. The molecule has 3 aromatic rings. The predicted octanol–water partition coefficient (Wildman–Crippen LogP) is 2.99. The van der Waals surface area contributed by atoms with Crippen molar-refractivity contribution in [2.45, 2.75) is 19.6 Å². The maximum atomic E-state index is 12.1. The van der Waals surface area contributed by atoms with Crippen LogP contribution >= 0.6 is 11.3 Å². The van der Waals surface area contributed by atoms with Crippen LogP contribution in [0, 0.1) is 0 Å². The highest BCUT2D eigenvalue weighted by atomic mass is 32.1. The van der Waals surface area contributed by atoms with Crippen molar-refractivity contribution < 1.29 is 0 Å². The van der Waals surface area contributed by atoms with Crippen molar-refractivity contribution in [3.05, 3.63) is 75.4 Å². The quantitative estimate of drug-likeness (QED) is 0.744. The van der Waals surface area contributed by atoms with Crippen molar-refractivity contribution in [1.82, 2.24) is 14.7 Å². The number of fused-ring (bicyclic) bond motifs is 1. The molecule has 0 aliphatic carbocycles. The third-order valence-corrected chi connectivity index (χ3v) is 5.08. The van der Waals surface area contributed by atoms with E-state index in [2.05, 4.69) is 34.3 Å². The summed E-state index contributed by atoms with van der Waals surface area (Å²) < 4.78 is 1.57. The summed E-state index contributed by atoms with van der Waals surface area (Å²) in [5.41, 5.74) is 3.57. The van der Waals surface area contributed by atoms with Crippen LogP contribution in [0.1, 0.15) is 11.1 Å². The Morgan fingerprint density at radius 2 is 1.91 bits per heavy atom. The Hall–Kier alpha value is -2.24. The second kappa shape index (κ2) is 6.10. The molecule has 3 heterocycles. The van der Waals surface area contributed by atoms with Crippen LogP contribution < -0.4 is 5.56 Å². The zero-order valence-corrected chi connectivity index (χ0v) is 13.5. The highest BCUT2D eigenvalue weighted by Crippen LogP contribution is 2.22. The number of aromatic nitrogens is 2. The maximum absolute atomic E-state index is 12.1. The van der Waals surface area contributed by atoms with Gasteiger partial charge in [0.2, 0.25) is 0 Å². The van der Waals surface area contributed by atoms with E-state index in [0.717, 1.165) is 30.1 Å². The van der Waals surface area contributed by atoms with E-state index in [1.807, 2.05) is 17.5 Å². The number of hydrogen-bond donors (Lipinski definition) is 0. The molecule has 0 saturated heterocycles. The summed E-state index contributed by atoms with van der Waals surface area (Å²) in [7, 11) is 0. The Morgan fingerprint density at radius 3 is 2.74 bits per heavy atom. The molecule has 0 radical (unpaired) electrons. The molecular weight excluding hydrogens is 306 g/mol. The lowest BCUT2D eigenvalue weighted by molar-refractivity contribution is 0.185. The molecule has 116 valence electrons. The second-order valence-electron chi connectivity index (χ2n) is 5.75. The third kappa shape index (κ3) is 2.98. The number of thiophene rings is 1. The molecule has 0 spiro atoms. The summed E-state index contributed by atoms with van der Waals surface area (Å²) in [5, 5.41) is 6.56. The molecule has 5 heteroatoms. The van der Waals surface area contributed by atoms with E-state index >= 15 is 0 Å². The number of benzene rings is 1. The fraction of sp³-hybridized carbons (Fsp3) is 0.222. The summed E-state index contributed by atoms with van der Waals surface area (Å²) in [6, 6.07) is 16.0. The van der Waals surface area contributed by atoms with Crippen molar-refractivity contribution in [3.8, 4) is 10.6 Å². The van der Waals surface area contributed by atoms with Gasteiger partial charge in [0.1, 0.15) is 5.69 Å². The molecule has 0 fully saturated rings. The average Bonchev–Trinajstić information content (AvgIpc) is 3.11. The molecule has 4 rings (SSSR count). The average molecular weight is 323 g/mol. The molecule has 0 N–H and O–H groups in total. The lowest BCUT2D eigenvalue weighted by Crippen LogP contribution is -2.37. The van der Waals surface area contributed by atoms with Gasteiger partial charge in [-0.1, -0.05) is 30.3 Å². The number of hydrogen-bond acceptors (Lipinski definition) is 4. The summed E-state index contributed by atoms with van der Waals surface area (Å²) in [6.45, 7) is 2.36. The minimum absolute atomic E-state index is 0.0517. The molecule has 0 saturated carbocycles. The van der Waals surface area contributed by atoms with Crippen molar-refractivity contribution in [2.75, 3.05) is 6.54 Å². The van der Waals surface area contributed by atoms with E-state index in [9.17, 15) is 4.79 Å². The Kier molecular flexibility index (Phi) is 3.81. The van der Waals surface area contributed by atoms with Crippen LogP contribution in [0.4, 0.5) is 0 Å². The van der Waals surface area contributed by atoms with Gasteiger partial charge in [-0.2, -0.15) is 5.10 Å². The monoisotopic (exact) mass is 323 g/mol. The molecular formula is C18H17N3OS. The Labute approximate surface area is 138 Å². The Morgan fingerprint density at radius 1 is 1.04 bits per heavy atom. The van der Waals surface area contributed by atoms with Gasteiger partial charge in [0, 0.05) is 19.2 Å². The maximum Gasteiger partial charge on any atom is 0.268 e. The third-order valence-electron chi connectivity index (χ3n) is 4.18. The molecule has 23 heavy (non-hydrogen) atoms. The lowest BCUT2D eigenvalue weighted by atomic mass is 10.0. The zero-order valence-electron chi connectivity index (χ0n) is 12.7. The van der Waals surface area contributed by atoms with Crippen LogP contribution in [0.25, 0.3) is 10.6 Å². The molecule has 1 aliphatic rings. The van der Waals surface area contributed by atoms with Gasteiger partial charge in [-0.3, -0.25) is 9.69 Å². The first-order chi connectivity index (χ1) is 11.3. The van der Waals surface area contributed by atoms with Crippen LogP contribution in [0.5, 0.6) is 0 Å². The largest absolute Gasteiger partial charge is 0.280 e. The molecule has 0 atom stereocenters. The fourth-order valence-corrected chi connectivity index (χ4v) is 3.66. The smallest absolute Gasteiger partial charge is 0.268 e. The Bertz CT molecular complexity index is 870. The van der Waals surface area contributed by atoms with Crippen LogP contribution in [-0.2, 0) is 19.6 Å². The van der Waals surface area contributed by atoms with Crippen LogP contribution in [-0.4, -0.2) is 21.2 Å². The summed E-state index contributed by atoms with van der Waals surface area (Å²) in [5.74, 6) is 0. The normalized spacial score (nSPS) is 14.6. The standard InChI is InChI=1S/C18H17N3OS/c22-18-8-7-16(17-6-3-11-23-17)19-21(18)13-20-10-9-14-4-1-2-5-15(14)12-20/h1-8,11H,9-10,12-13H2. The fourth-order valence-electron chi connectivity index (χ4n) is 2.97. The van der Waals surface area contributed by atoms with Crippen molar-refractivity contribution in [2.24, 2.45) is 0 Å². The van der Waals surface area contributed by atoms with Gasteiger partial charge >= 0.3 is 0 Å². The number of nitrogens with zero attached hydrogens (tertiary/aromatic N) is 3. The molecule has 1 aromatic carbocycles. The highest BCUT2D eigenvalue weighted by Gasteiger charge is 2.16. The first kappa shape index (κ1) is 14.4. The molecule has 0 unspecified atom stereocenters. The van der Waals surface area contributed by atoms with E-state index in [1.54, 1.807) is 28.2 Å². The van der Waals surface area contributed by atoms with Crippen molar-refractivity contribution in [1.29, 1.82) is 0 Å². The molecule has 1 aliphatic heterocycles. The SMILES string of the molecule is O=c1ccc(-c2cccs2)nn1CN1CCc2ccccc2C1. The van der Waals surface area contributed by atoms with Gasteiger partial charge in [-0.05, 0) is 35.1 Å². The summed E-state index contributed by atoms with van der Waals surface area (Å²) in [4.78, 5) is 15.5. The van der Waals surface area contributed by atoms with Crippen LogP contribution in [0.3, 0.4) is 0 Å². The molecule has 0 bridgehead atoms. The first-order valence-corrected chi connectivity index (χ1v) is 8.59. The van der Waals surface area contributed by atoms with Crippen LogP contribution in [0.2, 0.25) is 0 Å². The summed E-state index contributed by atoms with van der Waals surface area (Å²) >= 11 is 1.64. The van der Waals surface area contributed by atoms with Crippen molar-refractivity contribution in [3.63, 3.8) is 0 Å². The topological polar surface area (TPSA) is 38.1 Å². The van der Waals surface area contributed by atoms with Gasteiger partial charge in [0.15, 0.2) is 0 Å². The van der Waals surface area contributed by atoms with E-state index < -0.39 is 0 Å². The predicted molar refractivity (Wildman–Crippen MR) is 92.4 cm³/mol. The van der Waals surface area contributed by atoms with Gasteiger partial charge in [0.25, 0.3) is 5.56 Å². The minimum Gasteiger partial charge on any atom is -0.280 e.